The highest BCUT2D eigenvalue weighted by atomic mass is 19.4. The summed E-state index contributed by atoms with van der Waals surface area (Å²) in [4.78, 5) is 12.4. The number of rotatable bonds is 1. The van der Waals surface area contributed by atoms with Gasteiger partial charge in [-0.15, -0.1) is 0 Å². The third-order valence-electron chi connectivity index (χ3n) is 4.62. The molecule has 0 bridgehead atoms. The van der Waals surface area contributed by atoms with Gasteiger partial charge in [-0.05, 0) is 24.6 Å². The molecule has 184 valence electrons. The van der Waals surface area contributed by atoms with E-state index in [1.54, 1.807) is 0 Å². The van der Waals surface area contributed by atoms with E-state index >= 15 is 0 Å². The predicted octanol–water partition coefficient (Wildman–Crippen LogP) is 6.45. The van der Waals surface area contributed by atoms with Gasteiger partial charge in [0.25, 0.3) is 0 Å². The Morgan fingerprint density at radius 3 is 1.62 bits per heavy atom. The van der Waals surface area contributed by atoms with E-state index in [4.69, 9.17) is 0 Å². The number of fused-ring (bicyclic) bond motifs is 1. The Morgan fingerprint density at radius 1 is 0.735 bits per heavy atom. The van der Waals surface area contributed by atoms with Gasteiger partial charge in [0.2, 0.25) is 5.69 Å². The van der Waals surface area contributed by atoms with Crippen LogP contribution in [-0.2, 0) is 24.7 Å². The third kappa shape index (κ3) is 4.42. The average molecular weight is 510 g/mol. The van der Waals surface area contributed by atoms with E-state index in [1.807, 2.05) is 0 Å². The van der Waals surface area contributed by atoms with Gasteiger partial charge >= 0.3 is 30.5 Å². The first-order valence-electron chi connectivity index (χ1n) is 8.70. The van der Waals surface area contributed by atoms with Crippen molar-refractivity contribution in [3.8, 4) is 5.69 Å². The largest absolute Gasteiger partial charge is 0.608 e. The summed E-state index contributed by atoms with van der Waals surface area (Å²) < 4.78 is 167. The molecular weight excluding hydrogens is 502 g/mol. The first-order chi connectivity index (χ1) is 15.2. The van der Waals surface area contributed by atoms with Crippen LogP contribution < -0.4 is 10.3 Å². The zero-order valence-electron chi connectivity index (χ0n) is 16.2. The third-order valence-corrected chi connectivity index (χ3v) is 4.62. The summed E-state index contributed by atoms with van der Waals surface area (Å²) in [5.41, 5.74) is -15.3. The first-order valence-corrected chi connectivity index (χ1v) is 8.70. The van der Waals surface area contributed by atoms with E-state index in [9.17, 15) is 57.5 Å². The second kappa shape index (κ2) is 7.63. The number of aryl methyl sites for hydroxylation is 1. The molecule has 0 saturated carbocycles. The molecule has 3 rings (SSSR count). The maximum atomic E-state index is 13.7. The van der Waals surface area contributed by atoms with Crippen molar-refractivity contribution in [1.29, 1.82) is 0 Å². The van der Waals surface area contributed by atoms with E-state index in [0.29, 0.717) is 0 Å². The Labute approximate surface area is 179 Å². The van der Waals surface area contributed by atoms with Crippen molar-refractivity contribution in [2.75, 3.05) is 0 Å². The van der Waals surface area contributed by atoms with Gasteiger partial charge in [-0.1, -0.05) is 16.7 Å². The minimum absolute atomic E-state index is 0.161. The second-order valence-corrected chi connectivity index (χ2v) is 6.92. The van der Waals surface area contributed by atoms with Crippen molar-refractivity contribution in [2.45, 2.75) is 31.6 Å². The minimum atomic E-state index is -6.27. The van der Waals surface area contributed by atoms with E-state index in [2.05, 4.69) is 4.42 Å². The quantitative estimate of drug-likeness (QED) is 0.279. The Balaban J connectivity index is 2.73. The van der Waals surface area contributed by atoms with Crippen molar-refractivity contribution in [1.82, 2.24) is 0 Å². The molecule has 15 heteroatoms. The molecule has 2 aromatic carbocycles. The average Bonchev–Trinajstić information content (AvgIpc) is 2.63. The number of aromatic nitrogens is 1. The van der Waals surface area contributed by atoms with E-state index in [-0.39, 0.29) is 22.7 Å². The van der Waals surface area contributed by atoms with Crippen LogP contribution >= 0.6 is 0 Å². The highest BCUT2D eigenvalue weighted by Gasteiger charge is 2.57. The van der Waals surface area contributed by atoms with Crippen molar-refractivity contribution >= 4 is 11.0 Å². The number of benzene rings is 2. The minimum Gasteiger partial charge on any atom is -0.371 e. The Bertz CT molecular complexity index is 1280. The second-order valence-electron chi connectivity index (χ2n) is 6.92. The van der Waals surface area contributed by atoms with Crippen LogP contribution in [-0.4, -0.2) is 0 Å². The number of hydrogen-bond acceptors (Lipinski definition) is 2. The lowest BCUT2D eigenvalue weighted by atomic mass is 9.93. The molecule has 0 aliphatic heterocycles. The fourth-order valence-electron chi connectivity index (χ4n) is 3.33. The van der Waals surface area contributed by atoms with Crippen LogP contribution in [0.15, 0.2) is 39.7 Å². The number of nitrogens with zero attached hydrogens (tertiary/aromatic N) is 1. The summed E-state index contributed by atoms with van der Waals surface area (Å²) in [6.07, 6.45) is -24.7. The SMILES string of the molecule is Cc1cccc2c[n+](-c3c(C(F)(F)F)c(C(F)(F)F)cc(C(F)(F)F)c3C(F)(F)F)c(=O)oc12. The summed E-state index contributed by atoms with van der Waals surface area (Å²) in [5.74, 6) is -2.08. The lowest BCUT2D eigenvalue weighted by Gasteiger charge is -2.23. The van der Waals surface area contributed by atoms with Gasteiger partial charge in [-0.3, -0.25) is 0 Å². The van der Waals surface area contributed by atoms with Gasteiger partial charge in [-0.2, -0.15) is 57.5 Å². The number of alkyl halides is 12. The van der Waals surface area contributed by atoms with Crippen LogP contribution in [0.1, 0.15) is 27.8 Å². The molecule has 0 N–H and O–H groups in total. The van der Waals surface area contributed by atoms with Gasteiger partial charge in [0.1, 0.15) is 11.1 Å². The van der Waals surface area contributed by atoms with Gasteiger partial charge in [0.15, 0.2) is 11.8 Å². The summed E-state index contributed by atoms with van der Waals surface area (Å²) in [6, 6.07) is 2.28. The smallest absolute Gasteiger partial charge is 0.371 e. The lowest BCUT2D eigenvalue weighted by Crippen LogP contribution is -2.50. The Morgan fingerprint density at radius 2 is 1.21 bits per heavy atom. The van der Waals surface area contributed by atoms with Crippen molar-refractivity contribution < 1.29 is 61.7 Å². The zero-order chi connectivity index (χ0) is 26.0. The van der Waals surface area contributed by atoms with Gasteiger partial charge in [-0.25, -0.2) is 0 Å². The fraction of sp³-hybridized carbons (Fsp3) is 0.263. The highest BCUT2D eigenvalue weighted by Crippen LogP contribution is 2.50. The maximum absolute atomic E-state index is 13.7. The summed E-state index contributed by atoms with van der Waals surface area (Å²) in [5, 5.41) is -0.369. The molecule has 0 aliphatic carbocycles. The van der Waals surface area contributed by atoms with Crippen molar-refractivity contribution in [3.63, 3.8) is 0 Å². The predicted molar refractivity (Wildman–Crippen MR) is 88.8 cm³/mol. The lowest BCUT2D eigenvalue weighted by molar-refractivity contribution is -0.626. The Hall–Kier alpha value is -3.26. The van der Waals surface area contributed by atoms with E-state index < -0.39 is 69.0 Å². The normalized spacial score (nSPS) is 13.6. The zero-order valence-corrected chi connectivity index (χ0v) is 16.2. The molecule has 0 saturated heterocycles. The standard InChI is InChI=1S/C19H8F12NO2/c1-7-3-2-4-8-6-32(15(33)34-14(7)8)13-11(18(26,27)28)9(16(20,21)22)5-10(17(23,24)25)12(13)19(29,30)31/h2-6H,1H3/q+1. The van der Waals surface area contributed by atoms with E-state index in [1.165, 1.54) is 19.1 Å². The molecule has 0 radical (unpaired) electrons. The molecule has 1 heterocycles. The van der Waals surface area contributed by atoms with Crippen LogP contribution in [0.5, 0.6) is 0 Å². The van der Waals surface area contributed by atoms with Gasteiger partial charge in [0, 0.05) is 0 Å². The highest BCUT2D eigenvalue weighted by molar-refractivity contribution is 5.78. The monoisotopic (exact) mass is 510 g/mol. The molecule has 0 amide bonds. The summed E-state index contributed by atoms with van der Waals surface area (Å²) >= 11 is 0. The number of halogens is 12. The molecule has 3 nitrogen and oxygen atoms in total. The first kappa shape index (κ1) is 25.4. The van der Waals surface area contributed by atoms with Gasteiger partial charge < -0.3 is 4.42 Å². The summed E-state index contributed by atoms with van der Waals surface area (Å²) in [6.45, 7) is 1.32. The molecule has 34 heavy (non-hydrogen) atoms. The molecule has 3 aromatic rings. The number of hydrogen-bond donors (Lipinski definition) is 0. The molecular formula is C19H8F12NO2+. The summed E-state index contributed by atoms with van der Waals surface area (Å²) in [7, 11) is 0. The van der Waals surface area contributed by atoms with Crippen LogP contribution in [0.2, 0.25) is 0 Å². The molecule has 0 aliphatic rings. The Kier molecular flexibility index (Phi) is 5.69. The van der Waals surface area contributed by atoms with Crippen LogP contribution in [0.4, 0.5) is 52.7 Å². The molecule has 0 fully saturated rings. The molecule has 0 atom stereocenters. The van der Waals surface area contributed by atoms with Gasteiger partial charge in [0.05, 0.1) is 16.5 Å². The van der Waals surface area contributed by atoms with Crippen molar-refractivity contribution in [2.24, 2.45) is 0 Å². The fourth-order valence-corrected chi connectivity index (χ4v) is 3.33. The number of para-hydroxylation sites is 1. The molecule has 1 aromatic heterocycles. The maximum Gasteiger partial charge on any atom is 0.608 e. The van der Waals surface area contributed by atoms with Crippen LogP contribution in [0.3, 0.4) is 0 Å². The molecule has 0 unspecified atom stereocenters. The van der Waals surface area contributed by atoms with E-state index in [0.717, 1.165) is 6.07 Å². The topological polar surface area (TPSA) is 34.1 Å². The van der Waals surface area contributed by atoms with Crippen LogP contribution in [0, 0.1) is 6.92 Å². The molecule has 0 spiro atoms. The van der Waals surface area contributed by atoms with Crippen LogP contribution in [0.25, 0.3) is 16.7 Å². The van der Waals surface area contributed by atoms with Crippen molar-refractivity contribution in [3.05, 3.63) is 68.8 Å².